The van der Waals surface area contributed by atoms with E-state index in [1.165, 1.54) is 0 Å². The Morgan fingerprint density at radius 1 is 1.68 bits per heavy atom. The van der Waals surface area contributed by atoms with E-state index in [4.69, 9.17) is 0 Å². The van der Waals surface area contributed by atoms with Gasteiger partial charge in [-0.2, -0.15) is 16.9 Å². The summed E-state index contributed by atoms with van der Waals surface area (Å²) in [5.74, 6) is 1.34. The second-order valence-electron chi connectivity index (χ2n) is 5.18. The number of hydrogen-bond acceptors (Lipinski definition) is 4. The van der Waals surface area contributed by atoms with Crippen molar-refractivity contribution in [3.63, 3.8) is 0 Å². The lowest BCUT2D eigenvalue weighted by Gasteiger charge is -2.20. The molecule has 1 saturated heterocycles. The van der Waals surface area contributed by atoms with E-state index in [2.05, 4.69) is 28.9 Å². The van der Waals surface area contributed by atoms with Crippen LogP contribution in [-0.2, 0) is 11.8 Å². The lowest BCUT2D eigenvalue weighted by atomic mass is 9.90. The van der Waals surface area contributed by atoms with E-state index >= 15 is 0 Å². The largest absolute Gasteiger partial charge is 0.353 e. The molecule has 1 fully saturated rings. The van der Waals surface area contributed by atoms with Gasteiger partial charge in [0.05, 0.1) is 12.1 Å². The zero-order valence-corrected chi connectivity index (χ0v) is 12.5. The van der Waals surface area contributed by atoms with Crippen molar-refractivity contribution in [1.82, 2.24) is 20.4 Å². The topological polar surface area (TPSA) is 59.0 Å². The second-order valence-corrected chi connectivity index (χ2v) is 6.09. The summed E-state index contributed by atoms with van der Waals surface area (Å²) in [6.07, 6.45) is 5.92. The Bertz CT molecular complexity index is 434. The van der Waals surface area contributed by atoms with Crippen LogP contribution >= 0.6 is 11.8 Å². The summed E-state index contributed by atoms with van der Waals surface area (Å²) in [6.45, 7) is 3.65. The molecule has 1 amide bonds. The molecule has 0 spiro atoms. The third-order valence-electron chi connectivity index (χ3n) is 3.51. The van der Waals surface area contributed by atoms with Crippen molar-refractivity contribution >= 4 is 17.7 Å². The minimum absolute atomic E-state index is 0.00788. The summed E-state index contributed by atoms with van der Waals surface area (Å²) in [7, 11) is 1.90. The summed E-state index contributed by atoms with van der Waals surface area (Å²) >= 11 is 1.75. The van der Waals surface area contributed by atoms with Crippen LogP contribution in [0.1, 0.15) is 18.4 Å². The highest BCUT2D eigenvalue weighted by Crippen LogP contribution is 2.27. The Balaban J connectivity index is 2.00. The maximum atomic E-state index is 12.3. The van der Waals surface area contributed by atoms with Gasteiger partial charge in [0.2, 0.25) is 5.91 Å². The van der Waals surface area contributed by atoms with Crippen molar-refractivity contribution in [2.45, 2.75) is 18.9 Å². The highest BCUT2D eigenvalue weighted by atomic mass is 32.2. The molecular formula is C13H22N4OS. The van der Waals surface area contributed by atoms with Crippen LogP contribution in [0.25, 0.3) is 0 Å². The van der Waals surface area contributed by atoms with E-state index in [1.54, 1.807) is 16.4 Å². The van der Waals surface area contributed by atoms with Crippen molar-refractivity contribution in [3.05, 3.63) is 18.0 Å². The van der Waals surface area contributed by atoms with Crippen LogP contribution in [0, 0.1) is 5.92 Å². The molecule has 5 nitrogen and oxygen atoms in total. The molecule has 1 aliphatic rings. The number of amides is 1. The van der Waals surface area contributed by atoms with Gasteiger partial charge in [-0.15, -0.1) is 0 Å². The minimum atomic E-state index is 0.00788. The Labute approximate surface area is 118 Å². The third-order valence-corrected chi connectivity index (χ3v) is 4.34. The van der Waals surface area contributed by atoms with E-state index in [1.807, 2.05) is 19.4 Å². The second kappa shape index (κ2) is 6.43. The molecule has 1 aromatic heterocycles. The first kappa shape index (κ1) is 14.4. The molecule has 106 valence electrons. The molecule has 0 aromatic carbocycles. The van der Waals surface area contributed by atoms with Crippen LogP contribution in [-0.4, -0.2) is 46.8 Å². The van der Waals surface area contributed by atoms with Crippen LogP contribution in [0.15, 0.2) is 12.4 Å². The first-order chi connectivity index (χ1) is 9.11. The summed E-state index contributed by atoms with van der Waals surface area (Å²) in [4.78, 5) is 12.3. The number of nitrogens with one attached hydrogen (secondary N) is 2. The van der Waals surface area contributed by atoms with Gasteiger partial charge in [-0.1, -0.05) is 0 Å². The molecule has 2 heterocycles. The van der Waals surface area contributed by atoms with Crippen molar-refractivity contribution in [2.75, 3.05) is 25.1 Å². The van der Waals surface area contributed by atoms with Gasteiger partial charge in [-0.25, -0.2) is 0 Å². The van der Waals surface area contributed by atoms with E-state index in [-0.39, 0.29) is 23.8 Å². The van der Waals surface area contributed by atoms with Gasteiger partial charge < -0.3 is 10.6 Å². The molecule has 0 radical (unpaired) electrons. The Morgan fingerprint density at radius 3 is 3.11 bits per heavy atom. The van der Waals surface area contributed by atoms with Crippen molar-refractivity contribution in [2.24, 2.45) is 13.0 Å². The normalized spacial score (nSPS) is 24.4. The third kappa shape index (κ3) is 3.51. The Morgan fingerprint density at radius 2 is 2.47 bits per heavy atom. The molecule has 1 aliphatic heterocycles. The molecule has 0 aliphatic carbocycles. The van der Waals surface area contributed by atoms with Crippen LogP contribution in [0.2, 0.25) is 0 Å². The number of nitrogens with zero attached hydrogens (tertiary/aromatic N) is 2. The van der Waals surface area contributed by atoms with Gasteiger partial charge in [0, 0.05) is 44.0 Å². The molecule has 2 rings (SSSR count). The van der Waals surface area contributed by atoms with Gasteiger partial charge in [-0.05, 0) is 18.7 Å². The monoisotopic (exact) mass is 282 g/mol. The maximum Gasteiger partial charge on any atom is 0.225 e. The zero-order chi connectivity index (χ0) is 13.8. The van der Waals surface area contributed by atoms with Crippen LogP contribution < -0.4 is 10.6 Å². The number of aromatic nitrogens is 2. The standard InChI is InChI=1S/C13H22N4OS/c1-9(8-19-3)16-13(18)12-6-14-5-11(12)10-4-15-17(2)7-10/h4,7,9,11-12,14H,5-6,8H2,1-3H3,(H,16,18)/t9?,11-,12+/m1/s1. The van der Waals surface area contributed by atoms with Gasteiger partial charge in [0.1, 0.15) is 0 Å². The predicted molar refractivity (Wildman–Crippen MR) is 78.3 cm³/mol. The van der Waals surface area contributed by atoms with Gasteiger partial charge in [0.15, 0.2) is 0 Å². The molecule has 6 heteroatoms. The van der Waals surface area contributed by atoms with Gasteiger partial charge >= 0.3 is 0 Å². The molecule has 0 bridgehead atoms. The Kier molecular flexibility index (Phi) is 4.87. The van der Waals surface area contributed by atoms with Gasteiger partial charge in [-0.3, -0.25) is 9.48 Å². The van der Waals surface area contributed by atoms with E-state index in [0.29, 0.717) is 0 Å². The molecule has 3 atom stereocenters. The maximum absolute atomic E-state index is 12.3. The zero-order valence-electron chi connectivity index (χ0n) is 11.7. The number of rotatable bonds is 5. The van der Waals surface area contributed by atoms with E-state index in [9.17, 15) is 4.79 Å². The molecule has 0 saturated carbocycles. The fourth-order valence-corrected chi connectivity index (χ4v) is 3.16. The number of aryl methyl sites for hydroxylation is 1. The minimum Gasteiger partial charge on any atom is -0.353 e. The average Bonchev–Trinajstić information content (AvgIpc) is 2.96. The molecule has 2 N–H and O–H groups in total. The van der Waals surface area contributed by atoms with Crippen LogP contribution in [0.4, 0.5) is 0 Å². The lowest BCUT2D eigenvalue weighted by molar-refractivity contribution is -0.125. The summed E-state index contributed by atoms with van der Waals surface area (Å²) in [5, 5.41) is 10.6. The number of carbonyl (C=O) groups is 1. The first-order valence-corrected chi connectivity index (χ1v) is 7.99. The van der Waals surface area contributed by atoms with Crippen molar-refractivity contribution in [1.29, 1.82) is 0 Å². The highest BCUT2D eigenvalue weighted by Gasteiger charge is 2.34. The number of carbonyl (C=O) groups excluding carboxylic acids is 1. The number of thioether (sulfide) groups is 1. The average molecular weight is 282 g/mol. The smallest absolute Gasteiger partial charge is 0.225 e. The van der Waals surface area contributed by atoms with Crippen LogP contribution in [0.5, 0.6) is 0 Å². The van der Waals surface area contributed by atoms with Gasteiger partial charge in [0.25, 0.3) is 0 Å². The SMILES string of the molecule is CSCC(C)NC(=O)[C@H]1CNC[C@@H]1c1cnn(C)c1. The molecule has 1 aromatic rings. The molecular weight excluding hydrogens is 260 g/mol. The fourth-order valence-electron chi connectivity index (χ4n) is 2.58. The fraction of sp³-hybridized carbons (Fsp3) is 0.692. The molecule has 19 heavy (non-hydrogen) atoms. The quantitative estimate of drug-likeness (QED) is 0.830. The van der Waals surface area contributed by atoms with E-state index in [0.717, 1.165) is 24.4 Å². The molecule has 1 unspecified atom stereocenters. The van der Waals surface area contributed by atoms with Crippen molar-refractivity contribution < 1.29 is 4.79 Å². The lowest BCUT2D eigenvalue weighted by Crippen LogP contribution is -2.40. The Hall–Kier alpha value is -1.01. The summed E-state index contributed by atoms with van der Waals surface area (Å²) < 4.78 is 1.79. The predicted octanol–water partition coefficient (Wildman–Crippen LogP) is 0.591. The van der Waals surface area contributed by atoms with Crippen LogP contribution in [0.3, 0.4) is 0 Å². The highest BCUT2D eigenvalue weighted by molar-refractivity contribution is 7.98. The summed E-state index contributed by atoms with van der Waals surface area (Å²) in [6, 6.07) is 0.220. The summed E-state index contributed by atoms with van der Waals surface area (Å²) in [5.41, 5.74) is 1.14. The first-order valence-electron chi connectivity index (χ1n) is 6.60. The number of hydrogen-bond donors (Lipinski definition) is 2. The van der Waals surface area contributed by atoms with E-state index < -0.39 is 0 Å². The van der Waals surface area contributed by atoms with Crippen molar-refractivity contribution in [3.8, 4) is 0 Å².